The van der Waals surface area contributed by atoms with E-state index in [0.717, 1.165) is 38.5 Å². The normalized spacial score (nSPS) is 33.0. The Morgan fingerprint density at radius 3 is 1.07 bits per heavy atom. The first-order valence-electron chi connectivity index (χ1n) is 6.22. The predicted molar refractivity (Wildman–Crippen MR) is 59.6 cm³/mol. The van der Waals surface area contributed by atoms with Gasteiger partial charge in [-0.2, -0.15) is 0 Å². The lowest BCUT2D eigenvalue weighted by molar-refractivity contribution is 0.0541. The number of rotatable bonds is 0. The molecule has 0 aromatic heterocycles. The fourth-order valence-corrected chi connectivity index (χ4v) is 2.14. The van der Waals surface area contributed by atoms with E-state index in [0.29, 0.717) is 0 Å². The van der Waals surface area contributed by atoms with Crippen LogP contribution in [0.5, 0.6) is 0 Å². The second-order valence-electron chi connectivity index (χ2n) is 4.75. The van der Waals surface area contributed by atoms with Crippen LogP contribution in [0.4, 0.5) is 0 Å². The van der Waals surface area contributed by atoms with Crippen molar-refractivity contribution in [1.82, 2.24) is 0 Å². The molecule has 2 fully saturated rings. The minimum absolute atomic E-state index is 0.0359. The molecule has 0 bridgehead atoms. The lowest BCUT2D eigenvalue weighted by Crippen LogP contribution is -2.21. The van der Waals surface area contributed by atoms with Crippen LogP contribution in [0.25, 0.3) is 0 Å². The van der Waals surface area contributed by atoms with Crippen molar-refractivity contribution in [2.24, 2.45) is 0 Å². The Morgan fingerprint density at radius 1 is 0.467 bits per heavy atom. The lowest BCUT2D eigenvalue weighted by Gasteiger charge is -2.20. The Labute approximate surface area is 92.1 Å². The van der Waals surface area contributed by atoms with Crippen molar-refractivity contribution in [3.8, 4) is 0 Å². The molecule has 0 atom stereocenters. The van der Waals surface area contributed by atoms with E-state index < -0.39 is 0 Å². The van der Waals surface area contributed by atoms with Gasteiger partial charge in [0.2, 0.25) is 0 Å². The molecule has 0 spiro atoms. The molecule has 15 heavy (non-hydrogen) atoms. The number of hydrogen-bond donors (Lipinski definition) is 3. The molecular formula is C12H24O3. The van der Waals surface area contributed by atoms with Crippen LogP contribution in [0.2, 0.25) is 0 Å². The molecule has 3 N–H and O–H groups in total. The van der Waals surface area contributed by atoms with Crippen molar-refractivity contribution in [1.29, 1.82) is 0 Å². The van der Waals surface area contributed by atoms with Gasteiger partial charge in [0, 0.05) is 0 Å². The average molecular weight is 216 g/mol. The average Bonchev–Trinajstić information content (AvgIpc) is 2.25. The summed E-state index contributed by atoms with van der Waals surface area (Å²) >= 11 is 0. The minimum Gasteiger partial charge on any atom is -0.393 e. The van der Waals surface area contributed by atoms with E-state index >= 15 is 0 Å². The SMILES string of the molecule is OC1CCC(O)CC1.OC1CCCCC1. The summed E-state index contributed by atoms with van der Waals surface area (Å²) < 4.78 is 0. The Morgan fingerprint density at radius 2 is 0.800 bits per heavy atom. The van der Waals surface area contributed by atoms with Crippen molar-refractivity contribution in [2.75, 3.05) is 0 Å². The maximum atomic E-state index is 8.92. The molecule has 2 aliphatic carbocycles. The van der Waals surface area contributed by atoms with Crippen molar-refractivity contribution in [3.63, 3.8) is 0 Å². The summed E-state index contributed by atoms with van der Waals surface area (Å²) in [5, 5.41) is 26.7. The summed E-state index contributed by atoms with van der Waals surface area (Å²) in [7, 11) is 0. The molecule has 2 saturated carbocycles. The Hall–Kier alpha value is -0.120. The largest absolute Gasteiger partial charge is 0.393 e. The zero-order valence-corrected chi connectivity index (χ0v) is 9.44. The molecule has 0 aliphatic heterocycles. The van der Waals surface area contributed by atoms with Gasteiger partial charge in [-0.05, 0) is 38.5 Å². The van der Waals surface area contributed by atoms with Gasteiger partial charge in [-0.1, -0.05) is 19.3 Å². The highest BCUT2D eigenvalue weighted by Crippen LogP contribution is 2.17. The van der Waals surface area contributed by atoms with E-state index in [2.05, 4.69) is 0 Å². The molecule has 90 valence electrons. The van der Waals surface area contributed by atoms with Crippen molar-refractivity contribution >= 4 is 0 Å². The molecule has 0 radical (unpaired) electrons. The number of aliphatic hydroxyl groups is 3. The number of aliphatic hydroxyl groups excluding tert-OH is 3. The summed E-state index contributed by atoms with van der Waals surface area (Å²) in [5.41, 5.74) is 0. The van der Waals surface area contributed by atoms with Crippen molar-refractivity contribution in [3.05, 3.63) is 0 Å². The molecule has 0 heterocycles. The highest BCUT2D eigenvalue weighted by Gasteiger charge is 2.15. The summed E-state index contributed by atoms with van der Waals surface area (Å²) in [6, 6.07) is 0. The van der Waals surface area contributed by atoms with Crippen molar-refractivity contribution in [2.45, 2.75) is 76.1 Å². The zero-order valence-electron chi connectivity index (χ0n) is 9.44. The standard InChI is InChI=1S/C6H12O2.C6H12O/c7-5-1-2-6(8)4-3-5;7-6-4-2-1-3-5-6/h5-8H,1-4H2;6-7H,1-5H2. The third-order valence-corrected chi connectivity index (χ3v) is 3.24. The highest BCUT2D eigenvalue weighted by atomic mass is 16.3. The second kappa shape index (κ2) is 7.20. The van der Waals surface area contributed by atoms with Crippen LogP contribution < -0.4 is 0 Å². The van der Waals surface area contributed by atoms with Gasteiger partial charge in [0.25, 0.3) is 0 Å². The minimum atomic E-state index is -0.140. The quantitative estimate of drug-likeness (QED) is 0.576. The van der Waals surface area contributed by atoms with Gasteiger partial charge in [-0.25, -0.2) is 0 Å². The van der Waals surface area contributed by atoms with E-state index in [-0.39, 0.29) is 18.3 Å². The molecule has 2 rings (SSSR count). The molecule has 0 amide bonds. The van der Waals surface area contributed by atoms with Crippen LogP contribution in [-0.2, 0) is 0 Å². The van der Waals surface area contributed by atoms with E-state index in [1.165, 1.54) is 19.3 Å². The van der Waals surface area contributed by atoms with Crippen LogP contribution >= 0.6 is 0 Å². The topological polar surface area (TPSA) is 60.7 Å². The maximum Gasteiger partial charge on any atom is 0.0542 e. The van der Waals surface area contributed by atoms with Gasteiger partial charge < -0.3 is 15.3 Å². The van der Waals surface area contributed by atoms with Crippen LogP contribution in [0.1, 0.15) is 57.8 Å². The van der Waals surface area contributed by atoms with E-state index in [1.54, 1.807) is 0 Å². The molecule has 0 aromatic rings. The fourth-order valence-electron chi connectivity index (χ4n) is 2.14. The van der Waals surface area contributed by atoms with Gasteiger partial charge in [0.05, 0.1) is 18.3 Å². The zero-order chi connectivity index (χ0) is 11.1. The number of hydrogen-bond acceptors (Lipinski definition) is 3. The van der Waals surface area contributed by atoms with Crippen LogP contribution in [0.15, 0.2) is 0 Å². The van der Waals surface area contributed by atoms with Gasteiger partial charge in [-0.3, -0.25) is 0 Å². The first kappa shape index (κ1) is 12.9. The molecule has 0 unspecified atom stereocenters. The second-order valence-corrected chi connectivity index (χ2v) is 4.75. The van der Waals surface area contributed by atoms with Gasteiger partial charge in [-0.15, -0.1) is 0 Å². The summed E-state index contributed by atoms with van der Waals surface area (Å²) in [6.07, 6.45) is 8.76. The first-order valence-corrected chi connectivity index (χ1v) is 6.22. The summed E-state index contributed by atoms with van der Waals surface area (Å²) in [6.45, 7) is 0. The smallest absolute Gasteiger partial charge is 0.0542 e. The molecule has 0 aromatic carbocycles. The molecular weight excluding hydrogens is 192 g/mol. The molecule has 3 nitrogen and oxygen atoms in total. The van der Waals surface area contributed by atoms with E-state index in [4.69, 9.17) is 15.3 Å². The van der Waals surface area contributed by atoms with Crippen molar-refractivity contribution < 1.29 is 15.3 Å². The van der Waals surface area contributed by atoms with Gasteiger partial charge in [0.15, 0.2) is 0 Å². The monoisotopic (exact) mass is 216 g/mol. The van der Waals surface area contributed by atoms with Crippen LogP contribution in [0.3, 0.4) is 0 Å². The molecule has 2 aliphatic rings. The van der Waals surface area contributed by atoms with Gasteiger partial charge in [0.1, 0.15) is 0 Å². The molecule has 0 saturated heterocycles. The van der Waals surface area contributed by atoms with Crippen LogP contribution in [0, 0.1) is 0 Å². The fraction of sp³-hybridized carbons (Fsp3) is 1.00. The van der Waals surface area contributed by atoms with Gasteiger partial charge >= 0.3 is 0 Å². The van der Waals surface area contributed by atoms with Crippen LogP contribution in [-0.4, -0.2) is 33.6 Å². The summed E-state index contributed by atoms with van der Waals surface area (Å²) in [5.74, 6) is 0. The Balaban J connectivity index is 0.000000151. The first-order chi connectivity index (χ1) is 7.18. The predicted octanol–water partition coefficient (Wildman–Crippen LogP) is 1.59. The maximum absolute atomic E-state index is 8.92. The van der Waals surface area contributed by atoms with E-state index in [1.807, 2.05) is 0 Å². The Kier molecular flexibility index (Phi) is 6.22. The Bertz CT molecular complexity index is 137. The third kappa shape index (κ3) is 6.13. The highest BCUT2D eigenvalue weighted by molar-refractivity contribution is 4.69. The third-order valence-electron chi connectivity index (χ3n) is 3.24. The van der Waals surface area contributed by atoms with E-state index in [9.17, 15) is 0 Å². The molecule has 3 heteroatoms. The lowest BCUT2D eigenvalue weighted by atomic mass is 9.95. The summed E-state index contributed by atoms with van der Waals surface area (Å²) in [4.78, 5) is 0.